The molecule has 2 aromatic carbocycles. The molecule has 23 heavy (non-hydrogen) atoms. The molecule has 2 rings (SSSR count). The van der Waals surface area contributed by atoms with Crippen LogP contribution in [0.1, 0.15) is 26.3 Å². The number of hydrogen-bond donors (Lipinski definition) is 0. The fraction of sp³-hybridized carbons (Fsp3) is 0.125. The summed E-state index contributed by atoms with van der Waals surface area (Å²) in [6, 6.07) is 9.84. The van der Waals surface area contributed by atoms with Crippen LogP contribution in [-0.2, 0) is 4.74 Å². The highest BCUT2D eigenvalue weighted by Crippen LogP contribution is 2.20. The number of methoxy groups -OCH3 is 1. The average molecular weight is 315 g/mol. The van der Waals surface area contributed by atoms with Gasteiger partial charge in [-0.2, -0.15) is 0 Å². The van der Waals surface area contributed by atoms with E-state index in [1.807, 2.05) is 0 Å². The number of rotatable bonds is 4. The van der Waals surface area contributed by atoms with Crippen LogP contribution < -0.4 is 4.74 Å². The van der Waals surface area contributed by atoms with Crippen LogP contribution in [0.2, 0.25) is 0 Å². The molecule has 0 fully saturated rings. The lowest BCUT2D eigenvalue weighted by molar-refractivity contribution is -0.385. The van der Waals surface area contributed by atoms with Crippen molar-refractivity contribution in [3.8, 4) is 5.75 Å². The summed E-state index contributed by atoms with van der Waals surface area (Å²) in [6.07, 6.45) is 0. The molecule has 0 unspecified atom stereocenters. The van der Waals surface area contributed by atoms with Crippen LogP contribution in [0, 0.1) is 17.0 Å². The monoisotopic (exact) mass is 315 g/mol. The quantitative estimate of drug-likeness (QED) is 0.372. The van der Waals surface area contributed by atoms with Crippen LogP contribution in [0.5, 0.6) is 5.75 Å². The maximum atomic E-state index is 12.0. The van der Waals surface area contributed by atoms with E-state index in [9.17, 15) is 19.7 Å². The van der Waals surface area contributed by atoms with Gasteiger partial charge in [0.05, 0.1) is 23.2 Å². The number of carbonyl (C=O) groups is 2. The Kier molecular flexibility index (Phi) is 4.70. The van der Waals surface area contributed by atoms with Crippen LogP contribution in [0.15, 0.2) is 42.5 Å². The highest BCUT2D eigenvalue weighted by atomic mass is 16.6. The Morgan fingerprint density at radius 1 is 1.00 bits per heavy atom. The normalized spacial score (nSPS) is 10.0. The van der Waals surface area contributed by atoms with Crippen molar-refractivity contribution in [1.29, 1.82) is 0 Å². The zero-order valence-corrected chi connectivity index (χ0v) is 12.4. The van der Waals surface area contributed by atoms with E-state index in [0.29, 0.717) is 11.1 Å². The van der Waals surface area contributed by atoms with E-state index in [2.05, 4.69) is 4.74 Å². The predicted molar refractivity (Wildman–Crippen MR) is 80.6 cm³/mol. The maximum absolute atomic E-state index is 12.0. The van der Waals surface area contributed by atoms with Gasteiger partial charge >= 0.3 is 11.9 Å². The van der Waals surface area contributed by atoms with Gasteiger partial charge in [-0.05, 0) is 43.3 Å². The maximum Gasteiger partial charge on any atom is 0.343 e. The van der Waals surface area contributed by atoms with E-state index >= 15 is 0 Å². The second kappa shape index (κ2) is 6.69. The van der Waals surface area contributed by atoms with E-state index in [0.717, 1.165) is 0 Å². The molecule has 0 atom stereocenters. The van der Waals surface area contributed by atoms with Gasteiger partial charge in [-0.15, -0.1) is 0 Å². The van der Waals surface area contributed by atoms with Crippen molar-refractivity contribution >= 4 is 17.6 Å². The Labute approximate surface area is 131 Å². The Balaban J connectivity index is 2.14. The Bertz CT molecular complexity index is 767. The van der Waals surface area contributed by atoms with Gasteiger partial charge in [0.15, 0.2) is 0 Å². The highest BCUT2D eigenvalue weighted by molar-refractivity contribution is 5.92. The molecule has 0 saturated carbocycles. The topological polar surface area (TPSA) is 95.7 Å². The molecule has 0 amide bonds. The second-order valence-electron chi connectivity index (χ2n) is 4.66. The summed E-state index contributed by atoms with van der Waals surface area (Å²) in [6.45, 7) is 1.54. The molecular weight excluding hydrogens is 302 g/mol. The molecule has 0 spiro atoms. The SMILES string of the molecule is COC(=O)c1ccc(OC(=O)c2ccc([N+](=O)[O-])c(C)c2)cc1. The van der Waals surface area contributed by atoms with Crippen LogP contribution in [0.25, 0.3) is 0 Å². The molecule has 0 bridgehead atoms. The molecule has 2 aromatic rings. The summed E-state index contributed by atoms with van der Waals surface area (Å²) in [5.74, 6) is -0.888. The number of ether oxygens (including phenoxy) is 2. The van der Waals surface area contributed by atoms with E-state index in [-0.39, 0.29) is 17.0 Å². The molecule has 7 nitrogen and oxygen atoms in total. The van der Waals surface area contributed by atoms with Gasteiger partial charge in [-0.3, -0.25) is 10.1 Å². The third-order valence-electron chi connectivity index (χ3n) is 3.12. The number of aryl methyl sites for hydroxylation is 1. The second-order valence-corrected chi connectivity index (χ2v) is 4.66. The van der Waals surface area contributed by atoms with Gasteiger partial charge in [0, 0.05) is 11.6 Å². The van der Waals surface area contributed by atoms with E-state index in [1.165, 1.54) is 49.6 Å². The van der Waals surface area contributed by atoms with Crippen molar-refractivity contribution in [1.82, 2.24) is 0 Å². The fourth-order valence-corrected chi connectivity index (χ4v) is 1.93. The van der Waals surface area contributed by atoms with Crippen LogP contribution in [0.3, 0.4) is 0 Å². The Morgan fingerprint density at radius 2 is 1.61 bits per heavy atom. The third-order valence-corrected chi connectivity index (χ3v) is 3.12. The molecule has 7 heteroatoms. The highest BCUT2D eigenvalue weighted by Gasteiger charge is 2.15. The van der Waals surface area contributed by atoms with Gasteiger partial charge in [0.25, 0.3) is 5.69 Å². The largest absolute Gasteiger partial charge is 0.465 e. The minimum atomic E-state index is -0.645. The van der Waals surface area contributed by atoms with Crippen molar-refractivity contribution in [2.45, 2.75) is 6.92 Å². The summed E-state index contributed by atoms with van der Waals surface area (Å²) >= 11 is 0. The first-order valence-electron chi connectivity index (χ1n) is 6.58. The summed E-state index contributed by atoms with van der Waals surface area (Å²) < 4.78 is 9.73. The van der Waals surface area contributed by atoms with Crippen LogP contribution in [0.4, 0.5) is 5.69 Å². The Morgan fingerprint density at radius 3 is 2.13 bits per heavy atom. The number of hydrogen-bond acceptors (Lipinski definition) is 6. The molecule has 0 heterocycles. The Hall–Kier alpha value is -3.22. The molecular formula is C16H13NO6. The molecule has 0 aliphatic heterocycles. The molecule has 118 valence electrons. The zero-order valence-electron chi connectivity index (χ0n) is 12.4. The number of nitro groups is 1. The first-order chi connectivity index (χ1) is 10.9. The summed E-state index contributed by atoms with van der Waals surface area (Å²) in [4.78, 5) is 33.6. The number of benzene rings is 2. The van der Waals surface area contributed by atoms with Gasteiger partial charge in [0.2, 0.25) is 0 Å². The van der Waals surface area contributed by atoms with E-state index in [1.54, 1.807) is 6.92 Å². The summed E-state index contributed by atoms with van der Waals surface area (Å²) in [5.41, 5.74) is 0.832. The van der Waals surface area contributed by atoms with Gasteiger partial charge in [-0.1, -0.05) is 0 Å². The molecule has 0 radical (unpaired) electrons. The molecule has 0 N–H and O–H groups in total. The van der Waals surface area contributed by atoms with Crippen molar-refractivity contribution in [3.05, 3.63) is 69.3 Å². The minimum Gasteiger partial charge on any atom is -0.465 e. The van der Waals surface area contributed by atoms with Gasteiger partial charge in [0.1, 0.15) is 5.75 Å². The summed E-state index contributed by atoms with van der Waals surface area (Å²) in [7, 11) is 1.27. The number of nitrogens with zero attached hydrogens (tertiary/aromatic N) is 1. The third kappa shape index (κ3) is 3.70. The standard InChI is InChI=1S/C16H13NO6/c1-10-9-12(5-8-14(10)17(20)21)16(19)23-13-6-3-11(4-7-13)15(18)22-2/h3-9H,1-2H3. The average Bonchev–Trinajstić information content (AvgIpc) is 2.54. The number of nitro benzene ring substituents is 1. The van der Waals surface area contributed by atoms with E-state index in [4.69, 9.17) is 4.74 Å². The fourth-order valence-electron chi connectivity index (χ4n) is 1.93. The predicted octanol–water partition coefficient (Wildman–Crippen LogP) is 2.91. The van der Waals surface area contributed by atoms with Crippen molar-refractivity contribution in [2.24, 2.45) is 0 Å². The smallest absolute Gasteiger partial charge is 0.343 e. The van der Waals surface area contributed by atoms with E-state index < -0.39 is 16.9 Å². The van der Waals surface area contributed by atoms with Crippen LogP contribution >= 0.6 is 0 Å². The lowest BCUT2D eigenvalue weighted by Crippen LogP contribution is -2.09. The molecule has 0 aromatic heterocycles. The lowest BCUT2D eigenvalue weighted by Gasteiger charge is -2.06. The van der Waals surface area contributed by atoms with Crippen molar-refractivity contribution in [2.75, 3.05) is 7.11 Å². The zero-order chi connectivity index (χ0) is 17.0. The lowest BCUT2D eigenvalue weighted by atomic mass is 10.1. The van der Waals surface area contributed by atoms with Crippen molar-refractivity contribution < 1.29 is 24.0 Å². The van der Waals surface area contributed by atoms with Gasteiger partial charge < -0.3 is 9.47 Å². The molecule has 0 aliphatic carbocycles. The molecule has 0 saturated heterocycles. The first kappa shape index (κ1) is 16.2. The number of carbonyl (C=O) groups excluding carboxylic acids is 2. The minimum absolute atomic E-state index is 0.0658. The first-order valence-corrected chi connectivity index (χ1v) is 6.58. The molecule has 0 aliphatic rings. The van der Waals surface area contributed by atoms with Crippen molar-refractivity contribution in [3.63, 3.8) is 0 Å². The summed E-state index contributed by atoms with van der Waals surface area (Å²) in [5, 5.41) is 10.8. The van der Waals surface area contributed by atoms with Crippen LogP contribution in [-0.4, -0.2) is 24.0 Å². The van der Waals surface area contributed by atoms with Gasteiger partial charge in [-0.25, -0.2) is 9.59 Å². The number of esters is 2.